The van der Waals surface area contributed by atoms with Gasteiger partial charge in [0.25, 0.3) is 0 Å². The first kappa shape index (κ1) is 18.8. The molecule has 0 radical (unpaired) electrons. The van der Waals surface area contributed by atoms with Crippen molar-refractivity contribution < 1.29 is 18.9 Å². The lowest BCUT2D eigenvalue weighted by atomic mass is 9.85. The van der Waals surface area contributed by atoms with Crippen molar-refractivity contribution in [2.75, 3.05) is 34.4 Å². The number of ether oxygens (including phenoxy) is 3. The Morgan fingerprint density at radius 3 is 2.25 bits per heavy atom. The number of nitrogens with zero attached hydrogens (tertiary/aromatic N) is 1. The fourth-order valence-electron chi connectivity index (χ4n) is 4.58. The molecule has 148 valence electrons. The maximum atomic E-state index is 13.4. The van der Waals surface area contributed by atoms with Crippen molar-refractivity contribution in [3.8, 4) is 17.2 Å². The summed E-state index contributed by atoms with van der Waals surface area (Å²) < 4.78 is 16.1. The van der Waals surface area contributed by atoms with Crippen molar-refractivity contribution in [2.24, 2.45) is 0 Å². The molecule has 0 spiro atoms. The van der Waals surface area contributed by atoms with Crippen LogP contribution in [0.4, 0.5) is 0 Å². The second kappa shape index (κ2) is 7.49. The maximum Gasteiger partial charge on any atom is 0.161 e. The SMILES string of the molecule is COc1ccc(C2=C(c3ccc(OC)c(OC)c3)C[C@H]3CCC[N@+]3([O-])C2)cc1. The summed E-state index contributed by atoms with van der Waals surface area (Å²) in [6.07, 6.45) is 2.79. The number of fused-ring (bicyclic) bond motifs is 1. The van der Waals surface area contributed by atoms with Gasteiger partial charge in [0.2, 0.25) is 0 Å². The second-order valence-electron chi connectivity index (χ2n) is 7.59. The Balaban J connectivity index is 1.83. The second-order valence-corrected chi connectivity index (χ2v) is 7.59. The summed E-state index contributed by atoms with van der Waals surface area (Å²) in [4.78, 5) is 0. The van der Waals surface area contributed by atoms with E-state index >= 15 is 0 Å². The summed E-state index contributed by atoms with van der Waals surface area (Å²) in [5.74, 6) is 2.24. The molecule has 1 fully saturated rings. The maximum absolute atomic E-state index is 13.4. The van der Waals surface area contributed by atoms with Gasteiger partial charge in [0.05, 0.1) is 33.9 Å². The van der Waals surface area contributed by atoms with E-state index in [9.17, 15) is 5.21 Å². The molecule has 0 amide bonds. The third-order valence-corrected chi connectivity index (χ3v) is 6.14. The van der Waals surface area contributed by atoms with Gasteiger partial charge in [-0.1, -0.05) is 18.2 Å². The molecule has 0 aromatic heterocycles. The fraction of sp³-hybridized carbons (Fsp3) is 0.391. The molecular formula is C23H27NO4. The van der Waals surface area contributed by atoms with Crippen LogP contribution in [-0.2, 0) is 0 Å². The highest BCUT2D eigenvalue weighted by Gasteiger charge is 2.40. The summed E-state index contributed by atoms with van der Waals surface area (Å²) in [6.45, 7) is 1.23. The standard InChI is InChI=1S/C23H27NO4/c1-26-19-9-6-16(7-10-19)21-15-24(25)12-4-5-18(24)14-20(21)17-8-11-22(27-2)23(13-17)28-3/h6-11,13,18H,4-5,12,14-15H2,1-3H3/t18-,24+/m1/s1. The largest absolute Gasteiger partial charge is 0.632 e. The summed E-state index contributed by atoms with van der Waals surface area (Å²) >= 11 is 0. The van der Waals surface area contributed by atoms with Crippen LogP contribution in [0.1, 0.15) is 30.4 Å². The molecule has 28 heavy (non-hydrogen) atoms. The highest BCUT2D eigenvalue weighted by atomic mass is 16.5. The normalized spacial score (nSPS) is 24.1. The molecule has 0 saturated carbocycles. The van der Waals surface area contributed by atoms with Gasteiger partial charge in [0.1, 0.15) is 12.3 Å². The molecule has 5 nitrogen and oxygen atoms in total. The number of benzene rings is 2. The molecule has 0 aliphatic carbocycles. The van der Waals surface area contributed by atoms with Gasteiger partial charge in [-0.25, -0.2) is 0 Å². The minimum atomic E-state index is -0.0991. The lowest BCUT2D eigenvalue weighted by molar-refractivity contribution is -0.885. The Labute approximate surface area is 166 Å². The van der Waals surface area contributed by atoms with Crippen molar-refractivity contribution in [3.63, 3.8) is 0 Å². The summed E-state index contributed by atoms with van der Waals surface area (Å²) in [5, 5.41) is 13.4. The summed E-state index contributed by atoms with van der Waals surface area (Å²) in [5.41, 5.74) is 4.55. The number of hydrogen-bond donors (Lipinski definition) is 0. The van der Waals surface area contributed by atoms with Crippen LogP contribution >= 0.6 is 0 Å². The molecule has 2 atom stereocenters. The highest BCUT2D eigenvalue weighted by Crippen LogP contribution is 2.45. The van der Waals surface area contributed by atoms with E-state index < -0.39 is 0 Å². The number of quaternary nitrogens is 1. The number of hydroxylamine groups is 3. The predicted molar refractivity (Wildman–Crippen MR) is 110 cm³/mol. The Hall–Kier alpha value is -2.50. The molecule has 4 rings (SSSR count). The van der Waals surface area contributed by atoms with Gasteiger partial charge in [0.15, 0.2) is 11.5 Å². The van der Waals surface area contributed by atoms with Gasteiger partial charge in [0, 0.05) is 24.8 Å². The zero-order valence-corrected chi connectivity index (χ0v) is 16.7. The van der Waals surface area contributed by atoms with E-state index in [0.29, 0.717) is 24.6 Å². The third kappa shape index (κ3) is 3.25. The molecule has 5 heteroatoms. The lowest BCUT2D eigenvalue weighted by Gasteiger charge is -2.48. The topological polar surface area (TPSA) is 50.8 Å². The summed E-state index contributed by atoms with van der Waals surface area (Å²) in [6, 6.07) is 14.2. The Morgan fingerprint density at radius 1 is 0.857 bits per heavy atom. The van der Waals surface area contributed by atoms with Gasteiger partial charge < -0.3 is 24.1 Å². The van der Waals surface area contributed by atoms with E-state index in [-0.39, 0.29) is 10.7 Å². The minimum absolute atomic E-state index is 0.0991. The molecule has 1 saturated heterocycles. The first-order chi connectivity index (χ1) is 13.6. The third-order valence-electron chi connectivity index (χ3n) is 6.14. The van der Waals surface area contributed by atoms with Gasteiger partial charge in [-0.2, -0.15) is 0 Å². The smallest absolute Gasteiger partial charge is 0.161 e. The Bertz CT molecular complexity index is 890. The molecule has 2 aromatic rings. The Morgan fingerprint density at radius 2 is 1.57 bits per heavy atom. The van der Waals surface area contributed by atoms with Crippen LogP contribution in [0.25, 0.3) is 11.1 Å². The van der Waals surface area contributed by atoms with E-state index in [1.165, 1.54) is 5.57 Å². The number of rotatable bonds is 5. The van der Waals surface area contributed by atoms with Gasteiger partial charge in [-0.3, -0.25) is 0 Å². The molecular weight excluding hydrogens is 354 g/mol. The van der Waals surface area contributed by atoms with E-state index in [0.717, 1.165) is 41.7 Å². The van der Waals surface area contributed by atoms with Crippen molar-refractivity contribution in [1.82, 2.24) is 0 Å². The monoisotopic (exact) mass is 381 g/mol. The first-order valence-corrected chi connectivity index (χ1v) is 9.74. The van der Waals surface area contributed by atoms with Crippen molar-refractivity contribution in [1.29, 1.82) is 0 Å². The summed E-state index contributed by atoms with van der Waals surface area (Å²) in [7, 11) is 4.95. The van der Waals surface area contributed by atoms with Crippen molar-refractivity contribution >= 4 is 11.1 Å². The number of methoxy groups -OCH3 is 3. The van der Waals surface area contributed by atoms with Gasteiger partial charge >= 0.3 is 0 Å². The van der Waals surface area contributed by atoms with Crippen LogP contribution in [0.5, 0.6) is 17.2 Å². The van der Waals surface area contributed by atoms with Crippen molar-refractivity contribution in [3.05, 3.63) is 58.8 Å². The van der Waals surface area contributed by atoms with E-state index in [4.69, 9.17) is 14.2 Å². The zero-order valence-electron chi connectivity index (χ0n) is 16.7. The Kier molecular flexibility index (Phi) is 5.04. The van der Waals surface area contributed by atoms with Crippen LogP contribution in [0, 0.1) is 5.21 Å². The highest BCUT2D eigenvalue weighted by molar-refractivity contribution is 5.92. The van der Waals surface area contributed by atoms with E-state index in [2.05, 4.69) is 18.2 Å². The van der Waals surface area contributed by atoms with Crippen molar-refractivity contribution in [2.45, 2.75) is 25.3 Å². The quantitative estimate of drug-likeness (QED) is 0.565. The van der Waals surface area contributed by atoms with Crippen LogP contribution in [0.15, 0.2) is 42.5 Å². The molecule has 2 aliphatic heterocycles. The fourth-order valence-corrected chi connectivity index (χ4v) is 4.58. The average Bonchev–Trinajstić information content (AvgIpc) is 3.12. The van der Waals surface area contributed by atoms with Crippen LogP contribution < -0.4 is 14.2 Å². The van der Waals surface area contributed by atoms with E-state index in [1.807, 2.05) is 24.3 Å². The molecule has 2 aromatic carbocycles. The number of hydrogen-bond acceptors (Lipinski definition) is 4. The molecule has 2 aliphatic rings. The van der Waals surface area contributed by atoms with Gasteiger partial charge in [-0.05, 0) is 41.0 Å². The van der Waals surface area contributed by atoms with Crippen LogP contribution in [-0.4, -0.2) is 45.1 Å². The van der Waals surface area contributed by atoms with Gasteiger partial charge in [-0.15, -0.1) is 0 Å². The zero-order chi connectivity index (χ0) is 19.7. The molecule has 2 heterocycles. The molecule has 0 N–H and O–H groups in total. The lowest BCUT2D eigenvalue weighted by Crippen LogP contribution is -2.49. The van der Waals surface area contributed by atoms with Crippen LogP contribution in [0.3, 0.4) is 0 Å². The molecule has 0 unspecified atom stereocenters. The van der Waals surface area contributed by atoms with Crippen LogP contribution in [0.2, 0.25) is 0 Å². The van der Waals surface area contributed by atoms with E-state index in [1.54, 1.807) is 21.3 Å². The first-order valence-electron chi connectivity index (χ1n) is 9.74. The molecule has 0 bridgehead atoms. The minimum Gasteiger partial charge on any atom is -0.632 e. The average molecular weight is 381 g/mol. The predicted octanol–water partition coefficient (Wildman–Crippen LogP) is 4.50.